The summed E-state index contributed by atoms with van der Waals surface area (Å²) in [5.41, 5.74) is 0.987. The molecule has 0 amide bonds. The molecule has 16 heavy (non-hydrogen) atoms. The highest BCUT2D eigenvalue weighted by atomic mass is 35.5. The Morgan fingerprint density at radius 3 is 2.62 bits per heavy atom. The molecule has 0 unspecified atom stereocenters. The molecule has 1 aromatic carbocycles. The second-order valence-electron chi connectivity index (χ2n) is 3.22. The first-order valence-electron chi connectivity index (χ1n) is 4.30. The lowest BCUT2D eigenvalue weighted by Gasteiger charge is -2.10. The normalized spacial score (nSPS) is 12.1. The van der Waals surface area contributed by atoms with Crippen LogP contribution in [0.4, 0.5) is 13.2 Å². The number of hydrogen-bond acceptors (Lipinski definition) is 2. The zero-order valence-corrected chi connectivity index (χ0v) is 9.63. The molecule has 0 radical (unpaired) electrons. The number of hydrogen-bond donors (Lipinski definition) is 0. The van der Waals surface area contributed by atoms with Gasteiger partial charge in [0.15, 0.2) is 0 Å². The number of halogens is 4. The molecule has 0 bridgehead atoms. The van der Waals surface area contributed by atoms with Gasteiger partial charge in [0.25, 0.3) is 0 Å². The van der Waals surface area contributed by atoms with Gasteiger partial charge in [0, 0.05) is 0 Å². The molecule has 0 saturated heterocycles. The summed E-state index contributed by atoms with van der Waals surface area (Å²) in [7, 11) is 0. The van der Waals surface area contributed by atoms with Crippen LogP contribution in [0.15, 0.2) is 17.5 Å². The first-order chi connectivity index (χ1) is 7.38. The lowest BCUT2D eigenvalue weighted by Crippen LogP contribution is -2.17. The quantitative estimate of drug-likeness (QED) is 0.723. The van der Waals surface area contributed by atoms with Crippen molar-refractivity contribution in [1.29, 1.82) is 0 Å². The Labute approximate surface area is 98.4 Å². The van der Waals surface area contributed by atoms with E-state index in [1.54, 1.807) is 6.07 Å². The van der Waals surface area contributed by atoms with Gasteiger partial charge in [-0.1, -0.05) is 11.6 Å². The summed E-state index contributed by atoms with van der Waals surface area (Å²) >= 11 is 7.15. The van der Waals surface area contributed by atoms with E-state index in [9.17, 15) is 13.2 Å². The molecule has 0 aliphatic heterocycles. The molecule has 86 valence electrons. The molecule has 0 saturated carbocycles. The molecule has 0 fully saturated rings. The first kappa shape index (κ1) is 11.5. The molecule has 1 aromatic heterocycles. The third-order valence-electron chi connectivity index (χ3n) is 2.07. The number of benzene rings is 1. The SMILES string of the molecule is Cc1csc2c(Cl)c(OC(F)(F)F)ccc12. The molecule has 2 aromatic rings. The highest BCUT2D eigenvalue weighted by Crippen LogP contribution is 2.39. The van der Waals surface area contributed by atoms with Crippen LogP contribution >= 0.6 is 22.9 Å². The highest BCUT2D eigenvalue weighted by Gasteiger charge is 2.32. The lowest BCUT2D eigenvalue weighted by atomic mass is 10.2. The summed E-state index contributed by atoms with van der Waals surface area (Å²) in [6, 6.07) is 2.81. The number of alkyl halides is 3. The van der Waals surface area contributed by atoms with Crippen molar-refractivity contribution in [2.45, 2.75) is 13.3 Å². The van der Waals surface area contributed by atoms with E-state index in [0.29, 0.717) is 4.70 Å². The van der Waals surface area contributed by atoms with Gasteiger partial charge in [0.05, 0.1) is 4.70 Å². The lowest BCUT2D eigenvalue weighted by molar-refractivity contribution is -0.274. The molecule has 1 heterocycles. The summed E-state index contributed by atoms with van der Waals surface area (Å²) in [4.78, 5) is 0. The fraction of sp³-hybridized carbons (Fsp3) is 0.200. The molecule has 2 rings (SSSR count). The largest absolute Gasteiger partial charge is 0.573 e. The Kier molecular flexibility index (Phi) is 2.75. The van der Waals surface area contributed by atoms with Crippen molar-refractivity contribution in [1.82, 2.24) is 0 Å². The Balaban J connectivity index is 2.53. The highest BCUT2D eigenvalue weighted by molar-refractivity contribution is 7.18. The van der Waals surface area contributed by atoms with Crippen molar-refractivity contribution in [3.63, 3.8) is 0 Å². The molecule has 0 spiro atoms. The topological polar surface area (TPSA) is 9.23 Å². The maximum absolute atomic E-state index is 12.0. The Bertz CT molecular complexity index is 533. The third kappa shape index (κ3) is 2.10. The van der Waals surface area contributed by atoms with Gasteiger partial charge in [-0.05, 0) is 35.4 Å². The van der Waals surface area contributed by atoms with Gasteiger partial charge in [-0.25, -0.2) is 0 Å². The summed E-state index contributed by atoms with van der Waals surface area (Å²) in [6.45, 7) is 1.87. The predicted octanol–water partition coefficient (Wildman–Crippen LogP) is 4.76. The van der Waals surface area contributed by atoms with E-state index in [2.05, 4.69) is 4.74 Å². The van der Waals surface area contributed by atoms with Crippen LogP contribution < -0.4 is 4.74 Å². The van der Waals surface area contributed by atoms with Crippen molar-refractivity contribution < 1.29 is 17.9 Å². The van der Waals surface area contributed by atoms with E-state index in [1.165, 1.54) is 17.4 Å². The van der Waals surface area contributed by atoms with E-state index in [1.807, 2.05) is 12.3 Å². The van der Waals surface area contributed by atoms with E-state index in [-0.39, 0.29) is 10.8 Å². The maximum atomic E-state index is 12.0. The molecular formula is C10H6ClF3OS. The summed E-state index contributed by atoms with van der Waals surface area (Å²) in [5.74, 6) is -0.358. The van der Waals surface area contributed by atoms with Gasteiger partial charge in [-0.2, -0.15) is 0 Å². The summed E-state index contributed by atoms with van der Waals surface area (Å²) < 4.78 is 40.6. The molecule has 6 heteroatoms. The van der Waals surface area contributed by atoms with Crippen molar-refractivity contribution in [2.75, 3.05) is 0 Å². The van der Waals surface area contributed by atoms with Crippen LogP contribution in [-0.4, -0.2) is 6.36 Å². The maximum Gasteiger partial charge on any atom is 0.573 e. The fourth-order valence-electron chi connectivity index (χ4n) is 1.38. The van der Waals surface area contributed by atoms with Gasteiger partial charge in [0.2, 0.25) is 0 Å². The second kappa shape index (κ2) is 3.82. The molecule has 0 aliphatic carbocycles. The average Bonchev–Trinajstić information content (AvgIpc) is 2.52. The van der Waals surface area contributed by atoms with Gasteiger partial charge >= 0.3 is 6.36 Å². The molecule has 0 atom stereocenters. The first-order valence-corrected chi connectivity index (χ1v) is 5.56. The van der Waals surface area contributed by atoms with Gasteiger partial charge in [-0.3, -0.25) is 0 Å². The number of thiophene rings is 1. The zero-order valence-electron chi connectivity index (χ0n) is 8.06. The molecule has 1 nitrogen and oxygen atoms in total. The Hall–Kier alpha value is -0.940. The van der Waals surface area contributed by atoms with Gasteiger partial charge < -0.3 is 4.74 Å². The van der Waals surface area contributed by atoms with Crippen LogP contribution in [0.1, 0.15) is 5.56 Å². The number of aryl methyl sites for hydroxylation is 1. The van der Waals surface area contributed by atoms with Gasteiger partial charge in [-0.15, -0.1) is 24.5 Å². The minimum Gasteiger partial charge on any atom is -0.404 e. The fourth-order valence-corrected chi connectivity index (χ4v) is 2.70. The minimum atomic E-state index is -4.72. The minimum absolute atomic E-state index is 0.00734. The van der Waals surface area contributed by atoms with Crippen LogP contribution in [0, 0.1) is 6.92 Å². The van der Waals surface area contributed by atoms with Crippen molar-refractivity contribution in [3.8, 4) is 5.75 Å². The van der Waals surface area contributed by atoms with Gasteiger partial charge in [0.1, 0.15) is 10.8 Å². The Morgan fingerprint density at radius 2 is 2.00 bits per heavy atom. The molecule has 0 aliphatic rings. The van der Waals surface area contributed by atoms with E-state index < -0.39 is 6.36 Å². The zero-order chi connectivity index (χ0) is 11.9. The van der Waals surface area contributed by atoms with Crippen molar-refractivity contribution >= 4 is 33.0 Å². The van der Waals surface area contributed by atoms with E-state index in [0.717, 1.165) is 10.9 Å². The van der Waals surface area contributed by atoms with Crippen LogP contribution in [0.3, 0.4) is 0 Å². The monoisotopic (exact) mass is 266 g/mol. The number of rotatable bonds is 1. The second-order valence-corrected chi connectivity index (χ2v) is 4.48. The predicted molar refractivity (Wildman–Crippen MR) is 58.3 cm³/mol. The van der Waals surface area contributed by atoms with Crippen LogP contribution in [0.2, 0.25) is 5.02 Å². The summed E-state index contributed by atoms with van der Waals surface area (Å²) in [6.07, 6.45) is -4.72. The van der Waals surface area contributed by atoms with E-state index in [4.69, 9.17) is 11.6 Å². The van der Waals surface area contributed by atoms with Crippen LogP contribution in [0.25, 0.3) is 10.1 Å². The smallest absolute Gasteiger partial charge is 0.404 e. The average molecular weight is 267 g/mol. The van der Waals surface area contributed by atoms with Crippen LogP contribution in [0.5, 0.6) is 5.75 Å². The van der Waals surface area contributed by atoms with Crippen molar-refractivity contribution in [2.24, 2.45) is 0 Å². The summed E-state index contributed by atoms with van der Waals surface area (Å²) in [5, 5.41) is 2.70. The van der Waals surface area contributed by atoms with Crippen molar-refractivity contribution in [3.05, 3.63) is 28.1 Å². The number of fused-ring (bicyclic) bond motifs is 1. The Morgan fingerprint density at radius 1 is 1.31 bits per heavy atom. The van der Waals surface area contributed by atoms with Crippen LogP contribution in [-0.2, 0) is 0 Å². The molecule has 0 N–H and O–H groups in total. The number of ether oxygens (including phenoxy) is 1. The molecular weight excluding hydrogens is 261 g/mol. The standard InChI is InChI=1S/C10H6ClF3OS/c1-5-4-16-9-6(5)2-3-7(8(9)11)15-10(12,13)14/h2-4H,1H3. The van der Waals surface area contributed by atoms with E-state index >= 15 is 0 Å². The third-order valence-corrected chi connectivity index (χ3v) is 3.68.